The van der Waals surface area contributed by atoms with Crippen LogP contribution in [0.4, 0.5) is 0 Å². The summed E-state index contributed by atoms with van der Waals surface area (Å²) in [7, 11) is 0.282. The minimum Gasteiger partial charge on any atom is -0.423 e. The average Bonchev–Trinajstić information content (AvgIpc) is 2.36. The molecule has 0 aliphatic heterocycles. The van der Waals surface area contributed by atoms with Crippen molar-refractivity contribution in [2.24, 2.45) is 0 Å². The molecule has 1 rings (SSSR count). The Balaban J connectivity index is 2.83. The Bertz CT molecular complexity index is 468. The molecule has 0 aliphatic rings. The number of carbonyl (C=O) groups excluding carboxylic acids is 1. The van der Waals surface area contributed by atoms with Crippen molar-refractivity contribution in [2.45, 2.75) is 38.9 Å². The van der Waals surface area contributed by atoms with E-state index in [4.69, 9.17) is 4.65 Å². The van der Waals surface area contributed by atoms with Gasteiger partial charge in [0.1, 0.15) is 5.69 Å². The maximum absolute atomic E-state index is 11.4. The third-order valence-electron chi connectivity index (χ3n) is 3.41. The van der Waals surface area contributed by atoms with Crippen LogP contribution in [-0.2, 0) is 4.65 Å². The smallest absolute Gasteiger partial charge is 0.423 e. The molecule has 1 aromatic rings. The summed E-state index contributed by atoms with van der Waals surface area (Å²) in [6.07, 6.45) is 1.37. The number of rotatable bonds is 5. The second-order valence-electron chi connectivity index (χ2n) is 5.60. The standard InChI is InChI=1S/C13H21BN2O4/c1-12(2,18)13(3,4)20-14(19)9-6-7-10(16-8-9)11(17)15-5/h6-8,18-19H,1-5H3,(H,15,17). The third kappa shape index (κ3) is 3.78. The molecule has 3 N–H and O–H groups in total. The highest BCUT2D eigenvalue weighted by Crippen LogP contribution is 2.25. The summed E-state index contributed by atoms with van der Waals surface area (Å²) < 4.78 is 5.48. The van der Waals surface area contributed by atoms with Gasteiger partial charge in [0.2, 0.25) is 0 Å². The number of aromatic nitrogens is 1. The molecule has 0 aliphatic carbocycles. The number of amides is 1. The molecule has 0 atom stereocenters. The Kier molecular flexibility index (Phi) is 4.91. The Morgan fingerprint density at radius 3 is 2.35 bits per heavy atom. The number of hydrogen-bond donors (Lipinski definition) is 3. The normalized spacial score (nSPS) is 12.2. The minimum absolute atomic E-state index is 0.255. The molecule has 0 radical (unpaired) electrons. The van der Waals surface area contributed by atoms with Crippen LogP contribution in [0.5, 0.6) is 0 Å². The van der Waals surface area contributed by atoms with Crippen molar-refractivity contribution in [3.8, 4) is 0 Å². The van der Waals surface area contributed by atoms with Gasteiger partial charge in [0.05, 0.1) is 11.2 Å². The maximum Gasteiger partial charge on any atom is 0.493 e. The Hall–Kier alpha value is -1.44. The largest absolute Gasteiger partial charge is 0.493 e. The van der Waals surface area contributed by atoms with E-state index in [0.29, 0.717) is 5.46 Å². The predicted octanol–water partition coefficient (Wildman–Crippen LogP) is -0.305. The van der Waals surface area contributed by atoms with E-state index < -0.39 is 18.3 Å². The van der Waals surface area contributed by atoms with Gasteiger partial charge in [-0.2, -0.15) is 0 Å². The highest BCUT2D eigenvalue weighted by molar-refractivity contribution is 6.60. The van der Waals surface area contributed by atoms with Gasteiger partial charge in [-0.1, -0.05) is 6.07 Å². The first-order valence-electron chi connectivity index (χ1n) is 6.35. The lowest BCUT2D eigenvalue weighted by Crippen LogP contribution is -2.53. The van der Waals surface area contributed by atoms with Crippen LogP contribution in [0.15, 0.2) is 18.3 Å². The fourth-order valence-electron chi connectivity index (χ4n) is 1.31. The number of pyridine rings is 1. The summed E-state index contributed by atoms with van der Waals surface area (Å²) in [5.41, 5.74) is -1.41. The SMILES string of the molecule is CNC(=O)c1ccc(B(O)OC(C)(C)C(C)(C)O)cn1. The molecule has 1 heterocycles. The summed E-state index contributed by atoms with van der Waals surface area (Å²) >= 11 is 0. The van der Waals surface area contributed by atoms with Gasteiger partial charge in [-0.25, -0.2) is 0 Å². The molecular formula is C13H21BN2O4. The van der Waals surface area contributed by atoms with Gasteiger partial charge < -0.3 is 20.1 Å². The summed E-state index contributed by atoms with van der Waals surface area (Å²) in [6.45, 7) is 6.57. The Morgan fingerprint density at radius 2 is 1.95 bits per heavy atom. The van der Waals surface area contributed by atoms with Crippen LogP contribution in [0.1, 0.15) is 38.2 Å². The second-order valence-corrected chi connectivity index (χ2v) is 5.60. The quantitative estimate of drug-likeness (QED) is 0.644. The van der Waals surface area contributed by atoms with Gasteiger partial charge in [0, 0.05) is 18.7 Å². The topological polar surface area (TPSA) is 91.7 Å². The van der Waals surface area contributed by atoms with E-state index in [1.165, 1.54) is 19.3 Å². The molecule has 0 bridgehead atoms. The molecule has 1 amide bonds. The molecule has 0 fully saturated rings. The highest BCUT2D eigenvalue weighted by atomic mass is 16.5. The van der Waals surface area contributed by atoms with Gasteiger partial charge in [-0.15, -0.1) is 0 Å². The summed E-state index contributed by atoms with van der Waals surface area (Å²) in [5.74, 6) is -0.302. The molecule has 0 aromatic carbocycles. The third-order valence-corrected chi connectivity index (χ3v) is 3.41. The minimum atomic E-state index is -1.23. The van der Waals surface area contributed by atoms with E-state index in [1.807, 2.05) is 0 Å². The summed E-state index contributed by atoms with van der Waals surface area (Å²) in [6, 6.07) is 3.06. The van der Waals surface area contributed by atoms with Gasteiger partial charge in [0.15, 0.2) is 0 Å². The maximum atomic E-state index is 11.4. The molecule has 20 heavy (non-hydrogen) atoms. The molecule has 110 valence electrons. The molecule has 0 saturated carbocycles. The van der Waals surface area contributed by atoms with E-state index in [-0.39, 0.29) is 11.6 Å². The van der Waals surface area contributed by atoms with Crippen LogP contribution in [-0.4, -0.2) is 46.4 Å². The first-order valence-corrected chi connectivity index (χ1v) is 6.35. The van der Waals surface area contributed by atoms with Crippen molar-refractivity contribution in [2.75, 3.05) is 7.05 Å². The summed E-state index contributed by atoms with van der Waals surface area (Å²) in [4.78, 5) is 15.3. The van der Waals surface area contributed by atoms with Crippen LogP contribution in [0, 0.1) is 0 Å². The molecular weight excluding hydrogens is 259 g/mol. The lowest BCUT2D eigenvalue weighted by Gasteiger charge is -2.38. The number of nitrogens with one attached hydrogen (secondary N) is 1. The first-order chi connectivity index (χ1) is 9.08. The zero-order valence-corrected chi connectivity index (χ0v) is 12.5. The van der Waals surface area contributed by atoms with E-state index in [1.54, 1.807) is 33.8 Å². The predicted molar refractivity (Wildman–Crippen MR) is 76.7 cm³/mol. The van der Waals surface area contributed by atoms with E-state index in [2.05, 4.69) is 10.3 Å². The summed E-state index contributed by atoms with van der Waals surface area (Å²) in [5, 5.41) is 22.5. The van der Waals surface area contributed by atoms with Crippen molar-refractivity contribution in [1.29, 1.82) is 0 Å². The van der Waals surface area contributed by atoms with Crippen LogP contribution in [0.25, 0.3) is 0 Å². The van der Waals surface area contributed by atoms with Gasteiger partial charge >= 0.3 is 7.12 Å². The van der Waals surface area contributed by atoms with Crippen LogP contribution >= 0.6 is 0 Å². The van der Waals surface area contributed by atoms with E-state index in [0.717, 1.165) is 0 Å². The molecule has 6 nitrogen and oxygen atoms in total. The molecule has 1 aromatic heterocycles. The van der Waals surface area contributed by atoms with Crippen molar-refractivity contribution < 1.29 is 19.6 Å². The lowest BCUT2D eigenvalue weighted by atomic mass is 9.77. The van der Waals surface area contributed by atoms with Crippen molar-refractivity contribution in [3.63, 3.8) is 0 Å². The van der Waals surface area contributed by atoms with Crippen LogP contribution < -0.4 is 10.8 Å². The zero-order chi connectivity index (χ0) is 15.6. The fourth-order valence-corrected chi connectivity index (χ4v) is 1.31. The van der Waals surface area contributed by atoms with E-state index in [9.17, 15) is 14.9 Å². The van der Waals surface area contributed by atoms with Crippen molar-refractivity contribution in [1.82, 2.24) is 10.3 Å². The van der Waals surface area contributed by atoms with E-state index >= 15 is 0 Å². The molecule has 0 unspecified atom stereocenters. The monoisotopic (exact) mass is 280 g/mol. The van der Waals surface area contributed by atoms with Crippen molar-refractivity contribution in [3.05, 3.63) is 24.0 Å². The van der Waals surface area contributed by atoms with Crippen LogP contribution in [0.2, 0.25) is 0 Å². The number of carbonyl (C=O) groups is 1. The van der Waals surface area contributed by atoms with Crippen LogP contribution in [0.3, 0.4) is 0 Å². The Labute approximate surface area is 119 Å². The zero-order valence-electron chi connectivity index (χ0n) is 12.5. The highest BCUT2D eigenvalue weighted by Gasteiger charge is 2.39. The molecule has 0 spiro atoms. The average molecular weight is 280 g/mol. The number of nitrogens with zero attached hydrogens (tertiary/aromatic N) is 1. The fraction of sp³-hybridized carbons (Fsp3) is 0.538. The van der Waals surface area contributed by atoms with Gasteiger partial charge in [-0.05, 0) is 33.8 Å². The number of hydrogen-bond acceptors (Lipinski definition) is 5. The van der Waals surface area contributed by atoms with Crippen molar-refractivity contribution >= 4 is 18.5 Å². The Morgan fingerprint density at radius 1 is 1.35 bits per heavy atom. The second kappa shape index (κ2) is 5.91. The lowest BCUT2D eigenvalue weighted by molar-refractivity contribution is -0.0982. The molecule has 0 saturated heterocycles. The van der Waals surface area contributed by atoms with Gasteiger partial charge in [0.25, 0.3) is 5.91 Å². The molecule has 7 heteroatoms. The van der Waals surface area contributed by atoms with Gasteiger partial charge in [-0.3, -0.25) is 9.78 Å². The first kappa shape index (κ1) is 16.6. The number of aliphatic hydroxyl groups is 1.